The van der Waals surface area contributed by atoms with Gasteiger partial charge in [-0.1, -0.05) is 41.7 Å². The lowest BCUT2D eigenvalue weighted by molar-refractivity contribution is -0.133. The van der Waals surface area contributed by atoms with Crippen LogP contribution in [0.1, 0.15) is 19.3 Å². The quantitative estimate of drug-likeness (QED) is 0.671. The van der Waals surface area contributed by atoms with E-state index in [4.69, 9.17) is 0 Å². The average Bonchev–Trinajstić information content (AvgIpc) is 3.30. The molecule has 3 aromatic rings. The Hall–Kier alpha value is -2.85. The molecule has 8 nitrogen and oxygen atoms in total. The minimum Gasteiger partial charge on any atom is -0.297 e. The molecule has 154 valence electrons. The molecule has 2 aromatic carbocycles. The number of anilines is 1. The van der Waals surface area contributed by atoms with E-state index < -0.39 is 21.8 Å². The van der Waals surface area contributed by atoms with Gasteiger partial charge in [0.05, 0.1) is 27.8 Å². The maximum atomic E-state index is 12.8. The Morgan fingerprint density at radius 3 is 2.80 bits per heavy atom. The van der Waals surface area contributed by atoms with Crippen LogP contribution in [0.4, 0.5) is 5.13 Å². The van der Waals surface area contributed by atoms with Crippen LogP contribution in [0.5, 0.6) is 0 Å². The number of benzene rings is 2. The Morgan fingerprint density at radius 2 is 2.00 bits per heavy atom. The fraction of sp³-hybridized carbons (Fsp3) is 0.300. The number of hydrogen-bond donors (Lipinski definition) is 1. The zero-order valence-electron chi connectivity index (χ0n) is 15.9. The van der Waals surface area contributed by atoms with Gasteiger partial charge in [0.2, 0.25) is 5.91 Å². The number of carbonyl (C=O) groups is 2. The van der Waals surface area contributed by atoms with Crippen molar-refractivity contribution >= 4 is 64.8 Å². The molecule has 0 saturated carbocycles. The normalized spacial score (nSPS) is 21.2. The van der Waals surface area contributed by atoms with Crippen LogP contribution < -0.4 is 5.32 Å². The summed E-state index contributed by atoms with van der Waals surface area (Å²) in [5.74, 6) is -0.739. The Kier molecular flexibility index (Phi) is 4.55. The van der Waals surface area contributed by atoms with E-state index in [1.54, 1.807) is 0 Å². The molecule has 1 saturated heterocycles. The number of fused-ring (bicyclic) bond motifs is 3. The van der Waals surface area contributed by atoms with E-state index in [1.807, 2.05) is 36.4 Å². The first-order valence-corrected chi connectivity index (χ1v) is 12.2. The number of amides is 2. The zero-order chi connectivity index (χ0) is 20.9. The van der Waals surface area contributed by atoms with Crippen molar-refractivity contribution in [1.29, 1.82) is 0 Å². The molecule has 1 aromatic heterocycles. The van der Waals surface area contributed by atoms with Gasteiger partial charge in [-0.3, -0.25) is 14.9 Å². The molecule has 2 aliphatic heterocycles. The second-order valence-corrected chi connectivity index (χ2v) is 10.7. The summed E-state index contributed by atoms with van der Waals surface area (Å²) < 4.78 is 24.5. The summed E-state index contributed by atoms with van der Waals surface area (Å²) >= 11 is 1.37. The molecule has 0 aliphatic carbocycles. The maximum Gasteiger partial charge on any atom is 0.273 e. The molecular weight excluding hydrogens is 424 g/mol. The number of rotatable bonds is 3. The molecule has 0 bridgehead atoms. The van der Waals surface area contributed by atoms with Crippen LogP contribution in [-0.4, -0.2) is 53.5 Å². The Bertz CT molecular complexity index is 1330. The van der Waals surface area contributed by atoms with Gasteiger partial charge in [-0.15, -0.1) is 0 Å². The third kappa shape index (κ3) is 3.46. The highest BCUT2D eigenvalue weighted by atomic mass is 32.2. The van der Waals surface area contributed by atoms with Crippen LogP contribution in [0.3, 0.4) is 0 Å². The van der Waals surface area contributed by atoms with Crippen LogP contribution in [0, 0.1) is 0 Å². The number of carbonyl (C=O) groups excluding carboxylic acids is 2. The van der Waals surface area contributed by atoms with Gasteiger partial charge in [0, 0.05) is 18.2 Å². The highest BCUT2D eigenvalue weighted by Gasteiger charge is 2.37. The van der Waals surface area contributed by atoms with E-state index in [0.717, 1.165) is 21.0 Å². The number of aromatic nitrogens is 1. The Labute approximate surface area is 176 Å². The molecule has 2 amide bonds. The molecular formula is C20H18N4O4S2. The van der Waals surface area contributed by atoms with Gasteiger partial charge in [-0.25, -0.2) is 18.4 Å². The summed E-state index contributed by atoms with van der Waals surface area (Å²) in [7, 11) is -3.16. The van der Waals surface area contributed by atoms with Crippen LogP contribution >= 0.6 is 11.3 Å². The van der Waals surface area contributed by atoms with E-state index in [0.29, 0.717) is 11.6 Å². The van der Waals surface area contributed by atoms with Gasteiger partial charge in [0.25, 0.3) is 5.91 Å². The van der Waals surface area contributed by atoms with Crippen LogP contribution in [0.15, 0.2) is 41.5 Å². The third-order valence-corrected chi connectivity index (χ3v) is 8.07. The van der Waals surface area contributed by atoms with E-state index in [1.165, 1.54) is 16.3 Å². The lowest BCUT2D eigenvalue weighted by atomic mass is 10.1. The van der Waals surface area contributed by atoms with Gasteiger partial charge in [-0.05, 0) is 17.9 Å². The van der Waals surface area contributed by atoms with Crippen molar-refractivity contribution in [3.05, 3.63) is 36.4 Å². The highest BCUT2D eigenvalue weighted by molar-refractivity contribution is 7.91. The van der Waals surface area contributed by atoms with Crippen molar-refractivity contribution in [2.45, 2.75) is 25.3 Å². The van der Waals surface area contributed by atoms with Gasteiger partial charge in [-0.2, -0.15) is 5.10 Å². The van der Waals surface area contributed by atoms with Crippen LogP contribution in [0.2, 0.25) is 0 Å². The van der Waals surface area contributed by atoms with E-state index in [2.05, 4.69) is 15.4 Å². The van der Waals surface area contributed by atoms with Crippen LogP contribution in [-0.2, 0) is 19.4 Å². The number of thiazole rings is 1. The summed E-state index contributed by atoms with van der Waals surface area (Å²) in [6.07, 6.45) is 0.694. The Morgan fingerprint density at radius 1 is 1.17 bits per heavy atom. The largest absolute Gasteiger partial charge is 0.297 e. The van der Waals surface area contributed by atoms with Crippen molar-refractivity contribution < 1.29 is 18.0 Å². The molecule has 1 N–H and O–H groups in total. The van der Waals surface area contributed by atoms with E-state index >= 15 is 0 Å². The lowest BCUT2D eigenvalue weighted by Gasteiger charge is -2.27. The molecule has 2 aliphatic rings. The maximum absolute atomic E-state index is 12.8. The van der Waals surface area contributed by atoms with Crippen LogP contribution in [0.25, 0.3) is 21.0 Å². The fourth-order valence-electron chi connectivity index (χ4n) is 3.87. The number of nitrogens with zero attached hydrogens (tertiary/aromatic N) is 3. The standard InChI is InChI=1S/C20H18N4O4S2/c25-17-8-6-15(23-24(17)13-9-10-30(27,28)11-13)19(26)22-20-21-18-14-4-2-1-3-12(14)5-7-16(18)29-20/h1-5,7,13H,6,8-11H2,(H,21,22,26). The van der Waals surface area contributed by atoms with Gasteiger partial charge in [0.15, 0.2) is 15.0 Å². The molecule has 10 heteroatoms. The van der Waals surface area contributed by atoms with Crippen molar-refractivity contribution in [2.75, 3.05) is 16.8 Å². The first-order valence-electron chi connectivity index (χ1n) is 9.59. The second kappa shape index (κ2) is 7.13. The number of sulfone groups is 1. The predicted molar refractivity (Wildman–Crippen MR) is 116 cm³/mol. The van der Waals surface area contributed by atoms with Crippen molar-refractivity contribution in [3.63, 3.8) is 0 Å². The second-order valence-electron chi connectivity index (χ2n) is 7.45. The van der Waals surface area contributed by atoms with Gasteiger partial charge >= 0.3 is 0 Å². The molecule has 3 heterocycles. The molecule has 0 spiro atoms. The van der Waals surface area contributed by atoms with E-state index in [-0.39, 0.29) is 36.0 Å². The first-order chi connectivity index (χ1) is 14.4. The molecule has 1 atom stereocenters. The summed E-state index contributed by atoms with van der Waals surface area (Å²) in [5, 5.41) is 10.7. The predicted octanol–water partition coefficient (Wildman–Crippen LogP) is 2.55. The minimum atomic E-state index is -3.16. The molecule has 0 radical (unpaired) electrons. The number of nitrogens with one attached hydrogen (secondary N) is 1. The average molecular weight is 443 g/mol. The first kappa shape index (κ1) is 19.1. The molecule has 1 unspecified atom stereocenters. The smallest absolute Gasteiger partial charge is 0.273 e. The van der Waals surface area contributed by atoms with Crippen molar-refractivity contribution in [3.8, 4) is 0 Å². The summed E-state index contributed by atoms with van der Waals surface area (Å²) in [6, 6.07) is 11.4. The zero-order valence-corrected chi connectivity index (χ0v) is 17.5. The summed E-state index contributed by atoms with van der Waals surface area (Å²) in [5.41, 5.74) is 1.04. The number of hydrazone groups is 1. The number of hydrogen-bond acceptors (Lipinski definition) is 7. The van der Waals surface area contributed by atoms with Crippen molar-refractivity contribution in [2.24, 2.45) is 5.10 Å². The summed E-state index contributed by atoms with van der Waals surface area (Å²) in [4.78, 5) is 29.6. The van der Waals surface area contributed by atoms with Gasteiger partial charge in [0.1, 0.15) is 5.71 Å². The monoisotopic (exact) mass is 442 g/mol. The van der Waals surface area contributed by atoms with Crippen molar-refractivity contribution in [1.82, 2.24) is 9.99 Å². The third-order valence-electron chi connectivity index (χ3n) is 5.38. The fourth-order valence-corrected chi connectivity index (χ4v) is 6.44. The Balaban J connectivity index is 1.40. The molecule has 5 rings (SSSR count). The summed E-state index contributed by atoms with van der Waals surface area (Å²) in [6.45, 7) is 0. The van der Waals surface area contributed by atoms with Gasteiger partial charge < -0.3 is 0 Å². The topological polar surface area (TPSA) is 109 Å². The van der Waals surface area contributed by atoms with E-state index in [9.17, 15) is 18.0 Å². The molecule has 30 heavy (non-hydrogen) atoms. The lowest BCUT2D eigenvalue weighted by Crippen LogP contribution is -2.42. The minimum absolute atomic E-state index is 0.0398. The highest BCUT2D eigenvalue weighted by Crippen LogP contribution is 2.32. The molecule has 1 fully saturated rings. The SMILES string of the molecule is O=C(Nc1nc2c(ccc3ccccc32)s1)C1=NN(C2CCS(=O)(=O)C2)C(=O)CC1.